The first-order chi connectivity index (χ1) is 7.10. The molecule has 1 heteroatoms. The molecule has 0 radical (unpaired) electrons. The predicted octanol–water partition coefficient (Wildman–Crippen LogP) is 4.75. The topological polar surface area (TPSA) is 12.4 Å². The van der Waals surface area contributed by atoms with Crippen LogP contribution in [0.5, 0.6) is 0 Å². The summed E-state index contributed by atoms with van der Waals surface area (Å²) in [6.07, 6.45) is 8.91. The predicted molar refractivity (Wildman–Crippen MR) is 70.4 cm³/mol. The molecule has 0 spiro atoms. The first kappa shape index (κ1) is 14.2. The Morgan fingerprint density at radius 2 is 2.07 bits per heavy atom. The average molecular weight is 207 g/mol. The van der Waals surface area contributed by atoms with Crippen LogP contribution in [-0.2, 0) is 0 Å². The Kier molecular flexibility index (Phi) is 7.98. The van der Waals surface area contributed by atoms with Crippen LogP contribution in [0.4, 0.5) is 0 Å². The van der Waals surface area contributed by atoms with Gasteiger partial charge in [-0.05, 0) is 31.8 Å². The first-order valence-corrected chi connectivity index (χ1v) is 6.01. The Labute approximate surface area is 95.0 Å². The number of rotatable bonds is 7. The van der Waals surface area contributed by atoms with Gasteiger partial charge in [-0.3, -0.25) is 4.99 Å². The van der Waals surface area contributed by atoms with Gasteiger partial charge >= 0.3 is 0 Å². The Hall–Kier alpha value is -0.850. The van der Waals surface area contributed by atoms with Gasteiger partial charge < -0.3 is 0 Å². The molecular weight excluding hydrogens is 182 g/mol. The molecule has 0 amide bonds. The number of aliphatic imine (C=N–C) groups is 1. The van der Waals surface area contributed by atoms with Gasteiger partial charge in [-0.1, -0.05) is 46.3 Å². The maximum Gasteiger partial charge on any atom is 0.0372 e. The molecular formula is C14H25N. The second kappa shape index (κ2) is 8.46. The van der Waals surface area contributed by atoms with Crippen molar-refractivity contribution in [2.24, 2.45) is 10.9 Å². The zero-order chi connectivity index (χ0) is 11.7. The number of nitrogens with zero attached hydrogens (tertiary/aromatic N) is 1. The van der Waals surface area contributed by atoms with Crippen molar-refractivity contribution in [2.75, 3.05) is 0 Å². The molecule has 86 valence electrons. The van der Waals surface area contributed by atoms with Gasteiger partial charge in [0.1, 0.15) is 0 Å². The van der Waals surface area contributed by atoms with Crippen LogP contribution in [0, 0.1) is 5.92 Å². The van der Waals surface area contributed by atoms with E-state index in [0.717, 1.165) is 17.8 Å². The highest BCUT2D eigenvalue weighted by Gasteiger charge is 1.93. The third-order valence-corrected chi connectivity index (χ3v) is 2.46. The fraction of sp³-hybridized carbons (Fsp3) is 0.643. The molecule has 0 bridgehead atoms. The van der Waals surface area contributed by atoms with Crippen LogP contribution >= 0.6 is 0 Å². The quantitative estimate of drug-likeness (QED) is 0.534. The number of hydrogen-bond donors (Lipinski definition) is 0. The molecule has 1 unspecified atom stereocenters. The van der Waals surface area contributed by atoms with Crippen LogP contribution in [0.3, 0.4) is 0 Å². The lowest BCUT2D eigenvalue weighted by Gasteiger charge is -2.01. The summed E-state index contributed by atoms with van der Waals surface area (Å²) in [5.74, 6) is 0.638. The zero-order valence-corrected chi connectivity index (χ0v) is 10.7. The lowest BCUT2D eigenvalue weighted by atomic mass is 10.1. The molecule has 0 aliphatic heterocycles. The van der Waals surface area contributed by atoms with Gasteiger partial charge in [0.15, 0.2) is 0 Å². The molecule has 0 saturated heterocycles. The highest BCUT2D eigenvalue weighted by Crippen LogP contribution is 2.07. The lowest BCUT2D eigenvalue weighted by Crippen LogP contribution is -1.90. The van der Waals surface area contributed by atoms with Crippen molar-refractivity contribution in [1.82, 2.24) is 0 Å². The van der Waals surface area contributed by atoms with Crippen molar-refractivity contribution >= 4 is 5.71 Å². The summed E-state index contributed by atoms with van der Waals surface area (Å²) in [6, 6.07) is 0. The van der Waals surface area contributed by atoms with Crippen molar-refractivity contribution in [1.29, 1.82) is 0 Å². The summed E-state index contributed by atoms with van der Waals surface area (Å²) >= 11 is 0. The van der Waals surface area contributed by atoms with Gasteiger partial charge in [-0.25, -0.2) is 0 Å². The van der Waals surface area contributed by atoms with E-state index in [1.165, 1.54) is 19.3 Å². The van der Waals surface area contributed by atoms with Crippen molar-refractivity contribution in [2.45, 2.75) is 53.4 Å². The highest BCUT2D eigenvalue weighted by molar-refractivity contribution is 5.93. The van der Waals surface area contributed by atoms with Gasteiger partial charge in [0, 0.05) is 11.4 Å². The van der Waals surface area contributed by atoms with E-state index < -0.39 is 0 Å². The Balaban J connectivity index is 4.07. The van der Waals surface area contributed by atoms with Crippen molar-refractivity contribution in [3.63, 3.8) is 0 Å². The Morgan fingerprint density at radius 1 is 1.40 bits per heavy atom. The molecule has 0 aliphatic rings. The van der Waals surface area contributed by atoms with Crippen LogP contribution in [0.15, 0.2) is 29.4 Å². The van der Waals surface area contributed by atoms with Crippen LogP contribution in [0.25, 0.3) is 0 Å². The Morgan fingerprint density at radius 3 is 2.60 bits per heavy atom. The minimum Gasteiger partial charge on any atom is -0.259 e. The summed E-state index contributed by atoms with van der Waals surface area (Å²) in [7, 11) is 0. The average Bonchev–Trinajstić information content (AvgIpc) is 2.22. The van der Waals surface area contributed by atoms with E-state index in [2.05, 4.69) is 44.5 Å². The minimum absolute atomic E-state index is 0.638. The smallest absolute Gasteiger partial charge is 0.0372 e. The summed E-state index contributed by atoms with van der Waals surface area (Å²) in [4.78, 5) is 4.46. The van der Waals surface area contributed by atoms with Crippen molar-refractivity contribution in [3.05, 3.63) is 24.4 Å². The molecule has 0 rings (SSSR count). The van der Waals surface area contributed by atoms with E-state index in [9.17, 15) is 0 Å². The van der Waals surface area contributed by atoms with Gasteiger partial charge in [-0.2, -0.15) is 0 Å². The lowest BCUT2D eigenvalue weighted by molar-refractivity contribution is 0.699. The van der Waals surface area contributed by atoms with E-state index in [-0.39, 0.29) is 0 Å². The molecule has 0 N–H and O–H groups in total. The van der Waals surface area contributed by atoms with E-state index in [4.69, 9.17) is 0 Å². The monoisotopic (exact) mass is 207 g/mol. The van der Waals surface area contributed by atoms with Crippen LogP contribution < -0.4 is 0 Å². The SMILES string of the molecule is C=C(CCCC)N=C(C)/C=C\C(C)CC. The molecule has 1 nitrogen and oxygen atoms in total. The van der Waals surface area contributed by atoms with Gasteiger partial charge in [0.2, 0.25) is 0 Å². The van der Waals surface area contributed by atoms with Crippen molar-refractivity contribution < 1.29 is 0 Å². The van der Waals surface area contributed by atoms with E-state index in [0.29, 0.717) is 5.92 Å². The summed E-state index contributed by atoms with van der Waals surface area (Å²) < 4.78 is 0. The number of hydrogen-bond acceptors (Lipinski definition) is 1. The largest absolute Gasteiger partial charge is 0.259 e. The summed E-state index contributed by atoms with van der Waals surface area (Å²) in [5.41, 5.74) is 2.07. The van der Waals surface area contributed by atoms with E-state index >= 15 is 0 Å². The zero-order valence-electron chi connectivity index (χ0n) is 10.7. The molecule has 15 heavy (non-hydrogen) atoms. The second-order valence-corrected chi connectivity index (χ2v) is 4.17. The van der Waals surface area contributed by atoms with E-state index in [1.807, 2.05) is 6.92 Å². The molecule has 0 aromatic carbocycles. The van der Waals surface area contributed by atoms with Gasteiger partial charge in [0.05, 0.1) is 0 Å². The first-order valence-electron chi connectivity index (χ1n) is 6.01. The summed E-state index contributed by atoms with van der Waals surface area (Å²) in [5, 5.41) is 0. The standard InChI is InChI=1S/C14H25N/c1-6-8-9-13(4)15-14(5)11-10-12(3)7-2/h10-12H,4,6-9H2,1-3,5H3/b11-10-,15-14?. The fourth-order valence-corrected chi connectivity index (χ4v) is 1.16. The molecule has 1 atom stereocenters. The number of unbranched alkanes of at least 4 members (excludes halogenated alkanes) is 1. The van der Waals surface area contributed by atoms with Gasteiger partial charge in [0.25, 0.3) is 0 Å². The molecule has 0 aromatic heterocycles. The van der Waals surface area contributed by atoms with E-state index in [1.54, 1.807) is 0 Å². The van der Waals surface area contributed by atoms with Gasteiger partial charge in [-0.15, -0.1) is 0 Å². The van der Waals surface area contributed by atoms with Crippen LogP contribution in [-0.4, -0.2) is 5.71 Å². The molecule has 0 fully saturated rings. The third-order valence-electron chi connectivity index (χ3n) is 2.46. The maximum atomic E-state index is 4.46. The molecule has 0 aliphatic carbocycles. The second-order valence-electron chi connectivity index (χ2n) is 4.17. The van der Waals surface area contributed by atoms with Crippen LogP contribution in [0.1, 0.15) is 53.4 Å². The number of allylic oxidation sites excluding steroid dienone is 3. The highest BCUT2D eigenvalue weighted by atomic mass is 14.7. The molecule has 0 heterocycles. The third kappa shape index (κ3) is 8.17. The van der Waals surface area contributed by atoms with Crippen molar-refractivity contribution in [3.8, 4) is 0 Å². The minimum atomic E-state index is 0.638. The summed E-state index contributed by atoms with van der Waals surface area (Å²) in [6.45, 7) is 12.6. The maximum absolute atomic E-state index is 4.46. The van der Waals surface area contributed by atoms with Crippen LogP contribution in [0.2, 0.25) is 0 Å². The normalized spacial score (nSPS) is 14.5. The fourth-order valence-electron chi connectivity index (χ4n) is 1.16. The molecule has 0 aromatic rings. The Bertz CT molecular complexity index is 236. The molecule has 0 saturated carbocycles.